The Bertz CT molecular complexity index is 750. The molecule has 2 heterocycles. The minimum Gasteiger partial charge on any atom is -0.455 e. The Hall–Kier alpha value is -2.46. The highest BCUT2D eigenvalue weighted by Crippen LogP contribution is 2.28. The molecule has 4 heteroatoms. The molecule has 0 fully saturated rings. The number of fused-ring (bicyclic) bond motifs is 1. The van der Waals surface area contributed by atoms with Gasteiger partial charge in [0.2, 0.25) is 0 Å². The molecule has 0 aliphatic carbocycles. The number of hydrogen-bond donors (Lipinski definition) is 1. The molecule has 4 nitrogen and oxygen atoms in total. The van der Waals surface area contributed by atoms with Gasteiger partial charge in [0.05, 0.1) is 11.7 Å². The highest BCUT2D eigenvalue weighted by Gasteiger charge is 2.05. The predicted molar refractivity (Wildman–Crippen MR) is 83.4 cm³/mol. The summed E-state index contributed by atoms with van der Waals surface area (Å²) in [5.41, 5.74) is 7.81. The minimum atomic E-state index is 0.101. The molecule has 0 spiro atoms. The van der Waals surface area contributed by atoms with Gasteiger partial charge in [-0.1, -0.05) is 6.07 Å². The Morgan fingerprint density at radius 1 is 1.19 bits per heavy atom. The highest BCUT2D eigenvalue weighted by molar-refractivity contribution is 5.85. The molecule has 21 heavy (non-hydrogen) atoms. The van der Waals surface area contributed by atoms with Gasteiger partial charge in [-0.05, 0) is 49.2 Å². The van der Waals surface area contributed by atoms with Gasteiger partial charge >= 0.3 is 0 Å². The third kappa shape index (κ3) is 3.17. The zero-order chi connectivity index (χ0) is 14.7. The SMILES string of the molecule is CC(N)Cc1cncc(Oc2cccc3ncccc23)c1. The van der Waals surface area contributed by atoms with E-state index in [0.717, 1.165) is 28.6 Å². The van der Waals surface area contributed by atoms with Crippen LogP contribution in [0, 0.1) is 0 Å². The molecule has 1 aromatic carbocycles. The van der Waals surface area contributed by atoms with Crippen LogP contribution in [0.25, 0.3) is 10.9 Å². The topological polar surface area (TPSA) is 61.0 Å². The molecule has 0 amide bonds. The van der Waals surface area contributed by atoms with Crippen LogP contribution in [0.5, 0.6) is 11.5 Å². The van der Waals surface area contributed by atoms with Crippen molar-refractivity contribution >= 4 is 10.9 Å². The van der Waals surface area contributed by atoms with E-state index in [0.29, 0.717) is 5.75 Å². The molecule has 0 radical (unpaired) electrons. The van der Waals surface area contributed by atoms with Gasteiger partial charge in [0, 0.05) is 23.8 Å². The Morgan fingerprint density at radius 3 is 2.95 bits per heavy atom. The van der Waals surface area contributed by atoms with E-state index in [2.05, 4.69) is 9.97 Å². The van der Waals surface area contributed by atoms with Crippen LogP contribution in [0.2, 0.25) is 0 Å². The third-order valence-corrected chi connectivity index (χ3v) is 3.16. The van der Waals surface area contributed by atoms with Gasteiger partial charge in [-0.2, -0.15) is 0 Å². The van der Waals surface area contributed by atoms with E-state index in [1.54, 1.807) is 12.4 Å². The second kappa shape index (κ2) is 5.89. The summed E-state index contributed by atoms with van der Waals surface area (Å²) in [7, 11) is 0. The largest absolute Gasteiger partial charge is 0.455 e. The van der Waals surface area contributed by atoms with Crippen molar-refractivity contribution in [2.24, 2.45) is 5.73 Å². The van der Waals surface area contributed by atoms with Gasteiger partial charge in [0.1, 0.15) is 11.5 Å². The fraction of sp³-hybridized carbons (Fsp3) is 0.176. The van der Waals surface area contributed by atoms with Gasteiger partial charge in [0.25, 0.3) is 0 Å². The van der Waals surface area contributed by atoms with Crippen molar-refractivity contribution in [3.05, 3.63) is 60.6 Å². The smallest absolute Gasteiger partial charge is 0.146 e. The quantitative estimate of drug-likeness (QED) is 0.796. The van der Waals surface area contributed by atoms with Crippen LogP contribution in [0.15, 0.2) is 55.0 Å². The van der Waals surface area contributed by atoms with Crippen molar-refractivity contribution in [3.8, 4) is 11.5 Å². The molecule has 1 atom stereocenters. The van der Waals surface area contributed by atoms with E-state index in [1.165, 1.54) is 0 Å². The standard InChI is InChI=1S/C17H17N3O/c1-12(18)8-13-9-14(11-19-10-13)21-17-6-2-5-16-15(17)4-3-7-20-16/h2-7,9-12H,8,18H2,1H3. The molecule has 1 unspecified atom stereocenters. The summed E-state index contributed by atoms with van der Waals surface area (Å²) in [5, 5.41) is 0.984. The van der Waals surface area contributed by atoms with Crippen molar-refractivity contribution in [3.63, 3.8) is 0 Å². The van der Waals surface area contributed by atoms with E-state index in [9.17, 15) is 0 Å². The molecule has 2 N–H and O–H groups in total. The number of aromatic nitrogens is 2. The second-order valence-corrected chi connectivity index (χ2v) is 5.14. The van der Waals surface area contributed by atoms with Crippen molar-refractivity contribution < 1.29 is 4.74 Å². The van der Waals surface area contributed by atoms with Gasteiger partial charge in [-0.15, -0.1) is 0 Å². The van der Waals surface area contributed by atoms with Crippen molar-refractivity contribution in [2.75, 3.05) is 0 Å². The van der Waals surface area contributed by atoms with Crippen LogP contribution in [-0.2, 0) is 6.42 Å². The molecule has 0 saturated carbocycles. The maximum atomic E-state index is 5.97. The first-order valence-corrected chi connectivity index (χ1v) is 6.93. The molecular formula is C17H17N3O. The van der Waals surface area contributed by atoms with Crippen molar-refractivity contribution in [1.29, 1.82) is 0 Å². The number of nitrogens with zero attached hydrogens (tertiary/aromatic N) is 2. The maximum absolute atomic E-state index is 5.97. The van der Waals surface area contributed by atoms with E-state index >= 15 is 0 Å². The zero-order valence-electron chi connectivity index (χ0n) is 11.9. The second-order valence-electron chi connectivity index (χ2n) is 5.14. The number of benzene rings is 1. The van der Waals surface area contributed by atoms with Gasteiger partial charge in [0.15, 0.2) is 0 Å². The lowest BCUT2D eigenvalue weighted by Crippen LogP contribution is -2.17. The lowest BCUT2D eigenvalue weighted by molar-refractivity contribution is 0.484. The normalized spacial score (nSPS) is 12.3. The zero-order valence-corrected chi connectivity index (χ0v) is 11.9. The number of nitrogens with two attached hydrogens (primary N) is 1. The summed E-state index contributed by atoms with van der Waals surface area (Å²) < 4.78 is 5.97. The molecule has 3 rings (SSSR count). The average Bonchev–Trinajstić information content (AvgIpc) is 2.47. The fourth-order valence-corrected chi connectivity index (χ4v) is 2.29. The van der Waals surface area contributed by atoms with E-state index in [4.69, 9.17) is 10.5 Å². The number of rotatable bonds is 4. The summed E-state index contributed by atoms with van der Waals surface area (Å²) >= 11 is 0. The lowest BCUT2D eigenvalue weighted by atomic mass is 10.1. The van der Waals surface area contributed by atoms with Crippen molar-refractivity contribution in [2.45, 2.75) is 19.4 Å². The number of hydrogen-bond acceptors (Lipinski definition) is 4. The van der Waals surface area contributed by atoms with Gasteiger partial charge in [-0.25, -0.2) is 0 Å². The van der Waals surface area contributed by atoms with E-state index < -0.39 is 0 Å². The predicted octanol–water partition coefficient (Wildman–Crippen LogP) is 3.31. The van der Waals surface area contributed by atoms with Crippen LogP contribution >= 0.6 is 0 Å². The van der Waals surface area contributed by atoms with Crippen LogP contribution < -0.4 is 10.5 Å². The van der Waals surface area contributed by atoms with Crippen molar-refractivity contribution in [1.82, 2.24) is 9.97 Å². The monoisotopic (exact) mass is 279 g/mol. The molecular weight excluding hydrogens is 262 g/mol. The summed E-state index contributed by atoms with van der Waals surface area (Å²) in [4.78, 5) is 8.55. The molecule has 0 aliphatic heterocycles. The summed E-state index contributed by atoms with van der Waals surface area (Å²) in [6.07, 6.45) is 6.08. The van der Waals surface area contributed by atoms with E-state index in [-0.39, 0.29) is 6.04 Å². The molecule has 106 valence electrons. The molecule has 0 saturated heterocycles. The molecule has 0 aliphatic rings. The number of pyridine rings is 2. The molecule has 0 bridgehead atoms. The third-order valence-electron chi connectivity index (χ3n) is 3.16. The average molecular weight is 279 g/mol. The number of ether oxygens (including phenoxy) is 1. The van der Waals surface area contributed by atoms with Crippen LogP contribution in [0.1, 0.15) is 12.5 Å². The highest BCUT2D eigenvalue weighted by atomic mass is 16.5. The Labute approximate surface area is 123 Å². The Kier molecular flexibility index (Phi) is 3.79. The Balaban J connectivity index is 1.92. The first-order chi connectivity index (χ1) is 10.2. The summed E-state index contributed by atoms with van der Waals surface area (Å²) in [6.45, 7) is 1.98. The van der Waals surface area contributed by atoms with Gasteiger partial charge < -0.3 is 10.5 Å². The van der Waals surface area contributed by atoms with Gasteiger partial charge in [-0.3, -0.25) is 9.97 Å². The summed E-state index contributed by atoms with van der Waals surface area (Å²) in [5.74, 6) is 1.49. The van der Waals surface area contributed by atoms with Crippen LogP contribution in [-0.4, -0.2) is 16.0 Å². The molecule has 3 aromatic rings. The maximum Gasteiger partial charge on any atom is 0.146 e. The summed E-state index contributed by atoms with van der Waals surface area (Å²) in [6, 6.07) is 11.8. The first kappa shape index (κ1) is 13.5. The van der Waals surface area contributed by atoms with Crippen LogP contribution in [0.3, 0.4) is 0 Å². The lowest BCUT2D eigenvalue weighted by Gasteiger charge is -2.10. The molecule has 2 aromatic heterocycles. The first-order valence-electron chi connectivity index (χ1n) is 6.93. The van der Waals surface area contributed by atoms with E-state index in [1.807, 2.05) is 49.5 Å². The fourth-order valence-electron chi connectivity index (χ4n) is 2.29. The van der Waals surface area contributed by atoms with Crippen LogP contribution in [0.4, 0.5) is 0 Å². The minimum absolute atomic E-state index is 0.101. The Morgan fingerprint density at radius 2 is 2.10 bits per heavy atom.